The molecule has 0 spiro atoms. The van der Waals surface area contributed by atoms with E-state index in [0.717, 1.165) is 38.3 Å². The van der Waals surface area contributed by atoms with Crippen molar-refractivity contribution in [2.75, 3.05) is 13.2 Å². The van der Waals surface area contributed by atoms with Crippen molar-refractivity contribution in [2.45, 2.75) is 51.7 Å². The maximum absolute atomic E-state index is 5.39. The lowest BCUT2D eigenvalue weighted by molar-refractivity contribution is 0.114. The van der Waals surface area contributed by atoms with Crippen LogP contribution in [0.3, 0.4) is 0 Å². The standard InChI is InChI=1S/C12H21N3O2/c1-3-6-16-8-11-14-12(17-15-11)10-4-5-13-9(2)7-10/h9-10,13H,3-8H2,1-2H3. The van der Waals surface area contributed by atoms with Gasteiger partial charge in [0, 0.05) is 18.6 Å². The highest BCUT2D eigenvalue weighted by atomic mass is 16.5. The molecular weight excluding hydrogens is 218 g/mol. The second kappa shape index (κ2) is 6.12. The zero-order valence-corrected chi connectivity index (χ0v) is 10.6. The van der Waals surface area contributed by atoms with Gasteiger partial charge in [-0.3, -0.25) is 0 Å². The molecule has 0 aliphatic carbocycles. The van der Waals surface area contributed by atoms with Gasteiger partial charge >= 0.3 is 0 Å². The Hall–Kier alpha value is -0.940. The van der Waals surface area contributed by atoms with E-state index in [1.54, 1.807) is 0 Å². The highest BCUT2D eigenvalue weighted by molar-refractivity contribution is 4.97. The summed E-state index contributed by atoms with van der Waals surface area (Å²) in [5, 5.41) is 7.37. The third-order valence-corrected chi connectivity index (χ3v) is 3.04. The number of hydrogen-bond donors (Lipinski definition) is 1. The molecule has 1 saturated heterocycles. The van der Waals surface area contributed by atoms with Crippen LogP contribution in [0.15, 0.2) is 4.52 Å². The molecule has 1 fully saturated rings. The smallest absolute Gasteiger partial charge is 0.229 e. The second-order valence-corrected chi connectivity index (χ2v) is 4.68. The van der Waals surface area contributed by atoms with Crippen LogP contribution in [0.4, 0.5) is 0 Å². The summed E-state index contributed by atoms with van der Waals surface area (Å²) in [6.45, 7) is 6.49. The first-order valence-electron chi connectivity index (χ1n) is 6.43. The molecule has 0 bridgehead atoms. The number of nitrogens with one attached hydrogen (secondary N) is 1. The Balaban J connectivity index is 1.88. The summed E-state index contributed by atoms with van der Waals surface area (Å²) in [5.41, 5.74) is 0. The summed E-state index contributed by atoms with van der Waals surface area (Å²) >= 11 is 0. The van der Waals surface area contributed by atoms with Crippen LogP contribution in [-0.2, 0) is 11.3 Å². The van der Waals surface area contributed by atoms with E-state index in [-0.39, 0.29) is 0 Å². The fourth-order valence-corrected chi connectivity index (χ4v) is 2.16. The lowest BCUT2D eigenvalue weighted by Gasteiger charge is -2.25. The first kappa shape index (κ1) is 12.5. The van der Waals surface area contributed by atoms with E-state index in [1.165, 1.54) is 0 Å². The summed E-state index contributed by atoms with van der Waals surface area (Å²) in [6.07, 6.45) is 3.15. The summed E-state index contributed by atoms with van der Waals surface area (Å²) < 4.78 is 10.7. The Morgan fingerprint density at radius 1 is 1.53 bits per heavy atom. The van der Waals surface area contributed by atoms with Crippen LogP contribution >= 0.6 is 0 Å². The lowest BCUT2D eigenvalue weighted by atomic mass is 9.93. The third kappa shape index (κ3) is 3.51. The summed E-state index contributed by atoms with van der Waals surface area (Å²) in [4.78, 5) is 4.41. The average Bonchev–Trinajstić information content (AvgIpc) is 2.78. The van der Waals surface area contributed by atoms with Gasteiger partial charge in [-0.05, 0) is 32.7 Å². The average molecular weight is 239 g/mol. The first-order chi connectivity index (χ1) is 8.29. The van der Waals surface area contributed by atoms with Crippen molar-refractivity contribution in [1.29, 1.82) is 0 Å². The molecule has 0 amide bonds. The normalized spacial score (nSPS) is 25.1. The molecule has 0 radical (unpaired) electrons. The van der Waals surface area contributed by atoms with Gasteiger partial charge < -0.3 is 14.6 Å². The molecule has 0 aromatic carbocycles. The van der Waals surface area contributed by atoms with Gasteiger partial charge in [0.1, 0.15) is 6.61 Å². The van der Waals surface area contributed by atoms with E-state index in [0.29, 0.717) is 24.4 Å². The summed E-state index contributed by atoms with van der Waals surface area (Å²) in [5.74, 6) is 1.84. The van der Waals surface area contributed by atoms with Gasteiger partial charge in [-0.1, -0.05) is 12.1 Å². The molecular formula is C12H21N3O2. The van der Waals surface area contributed by atoms with E-state index < -0.39 is 0 Å². The van der Waals surface area contributed by atoms with Crippen molar-refractivity contribution >= 4 is 0 Å². The van der Waals surface area contributed by atoms with Gasteiger partial charge in [-0.15, -0.1) is 0 Å². The van der Waals surface area contributed by atoms with Crippen molar-refractivity contribution in [3.8, 4) is 0 Å². The molecule has 1 aliphatic rings. The quantitative estimate of drug-likeness (QED) is 0.795. The molecule has 2 heterocycles. The van der Waals surface area contributed by atoms with Gasteiger partial charge in [-0.2, -0.15) is 4.98 Å². The minimum absolute atomic E-state index is 0.402. The number of ether oxygens (including phenoxy) is 1. The van der Waals surface area contributed by atoms with E-state index in [4.69, 9.17) is 9.26 Å². The number of piperidine rings is 1. The van der Waals surface area contributed by atoms with Crippen LogP contribution in [0, 0.1) is 0 Å². The Kier molecular flexibility index (Phi) is 4.50. The predicted octanol–water partition coefficient (Wildman–Crippen LogP) is 1.85. The van der Waals surface area contributed by atoms with Crippen LogP contribution in [0.5, 0.6) is 0 Å². The molecule has 5 nitrogen and oxygen atoms in total. The van der Waals surface area contributed by atoms with Crippen molar-refractivity contribution in [3.63, 3.8) is 0 Å². The van der Waals surface area contributed by atoms with E-state index in [1.807, 2.05) is 0 Å². The molecule has 2 unspecified atom stereocenters. The van der Waals surface area contributed by atoms with Gasteiger partial charge in [0.15, 0.2) is 5.82 Å². The van der Waals surface area contributed by atoms with Gasteiger partial charge in [0.05, 0.1) is 0 Å². The number of hydrogen-bond acceptors (Lipinski definition) is 5. The molecule has 96 valence electrons. The lowest BCUT2D eigenvalue weighted by Crippen LogP contribution is -2.34. The Labute approximate surface area is 102 Å². The largest absolute Gasteiger partial charge is 0.373 e. The Morgan fingerprint density at radius 2 is 2.41 bits per heavy atom. The van der Waals surface area contributed by atoms with E-state index in [9.17, 15) is 0 Å². The van der Waals surface area contributed by atoms with Crippen LogP contribution in [0.2, 0.25) is 0 Å². The van der Waals surface area contributed by atoms with Crippen LogP contribution in [0.25, 0.3) is 0 Å². The number of rotatable bonds is 5. The second-order valence-electron chi connectivity index (χ2n) is 4.68. The van der Waals surface area contributed by atoms with E-state index in [2.05, 4.69) is 29.3 Å². The topological polar surface area (TPSA) is 60.2 Å². The van der Waals surface area contributed by atoms with Gasteiger partial charge in [0.25, 0.3) is 0 Å². The molecule has 1 aromatic rings. The molecule has 5 heteroatoms. The van der Waals surface area contributed by atoms with Crippen molar-refractivity contribution in [1.82, 2.24) is 15.5 Å². The summed E-state index contributed by atoms with van der Waals surface area (Å²) in [7, 11) is 0. The molecule has 2 atom stereocenters. The monoisotopic (exact) mass is 239 g/mol. The van der Waals surface area contributed by atoms with Crippen LogP contribution in [-0.4, -0.2) is 29.3 Å². The SMILES string of the molecule is CCCOCc1noc(C2CCNC(C)C2)n1. The highest BCUT2D eigenvalue weighted by Crippen LogP contribution is 2.26. The molecule has 17 heavy (non-hydrogen) atoms. The minimum atomic E-state index is 0.402. The first-order valence-corrected chi connectivity index (χ1v) is 6.43. The maximum Gasteiger partial charge on any atom is 0.229 e. The van der Waals surface area contributed by atoms with Crippen molar-refractivity contribution in [2.24, 2.45) is 0 Å². The van der Waals surface area contributed by atoms with Crippen LogP contribution < -0.4 is 5.32 Å². The molecule has 1 aromatic heterocycles. The molecule has 0 saturated carbocycles. The zero-order valence-electron chi connectivity index (χ0n) is 10.6. The van der Waals surface area contributed by atoms with Crippen LogP contribution in [0.1, 0.15) is 50.7 Å². The van der Waals surface area contributed by atoms with Gasteiger partial charge in [-0.25, -0.2) is 0 Å². The molecule has 1 N–H and O–H groups in total. The Bertz CT molecular complexity index is 340. The Morgan fingerprint density at radius 3 is 3.18 bits per heavy atom. The fourth-order valence-electron chi connectivity index (χ4n) is 2.16. The minimum Gasteiger partial charge on any atom is -0.373 e. The molecule has 1 aliphatic heterocycles. The van der Waals surface area contributed by atoms with Gasteiger partial charge in [0.2, 0.25) is 5.89 Å². The van der Waals surface area contributed by atoms with Crippen molar-refractivity contribution in [3.05, 3.63) is 11.7 Å². The third-order valence-electron chi connectivity index (χ3n) is 3.04. The van der Waals surface area contributed by atoms with Crippen molar-refractivity contribution < 1.29 is 9.26 Å². The zero-order chi connectivity index (χ0) is 12.1. The molecule has 2 rings (SSSR count). The maximum atomic E-state index is 5.39. The number of nitrogens with zero attached hydrogens (tertiary/aromatic N) is 2. The summed E-state index contributed by atoms with van der Waals surface area (Å²) in [6, 6.07) is 0.528. The number of aromatic nitrogens is 2. The predicted molar refractivity (Wildman–Crippen MR) is 63.7 cm³/mol. The highest BCUT2D eigenvalue weighted by Gasteiger charge is 2.24. The van der Waals surface area contributed by atoms with E-state index >= 15 is 0 Å². The fraction of sp³-hybridized carbons (Fsp3) is 0.833.